The fourth-order valence-corrected chi connectivity index (χ4v) is 4.74. The molecule has 0 aromatic heterocycles. The number of halogens is 1. The summed E-state index contributed by atoms with van der Waals surface area (Å²) in [5, 5.41) is 6.64. The Morgan fingerprint density at radius 1 is 0.750 bits per heavy atom. The predicted molar refractivity (Wildman–Crippen MR) is 113 cm³/mol. The van der Waals surface area contributed by atoms with Crippen molar-refractivity contribution in [3.63, 3.8) is 0 Å². The molecule has 4 aromatic carbocycles. The van der Waals surface area contributed by atoms with Crippen LogP contribution in [0.4, 0.5) is 0 Å². The standard InChI is InChI=1S/C25H16ClNO/c26-21-8-4-3-7-19(21)24-23(27-24)15-10-11-16-14(13-15)9-12-20-22(16)17-5-1-2-6-18(17)25(20)28/h1-13,23-24,27H. The molecule has 1 saturated heterocycles. The number of hydrogen-bond donors (Lipinski definition) is 1. The van der Waals surface area contributed by atoms with Crippen LogP contribution in [-0.4, -0.2) is 5.78 Å². The third-order valence-corrected chi connectivity index (χ3v) is 6.26. The summed E-state index contributed by atoms with van der Waals surface area (Å²) < 4.78 is 0. The van der Waals surface area contributed by atoms with Crippen molar-refractivity contribution in [2.75, 3.05) is 0 Å². The Hall–Kier alpha value is -2.94. The van der Waals surface area contributed by atoms with Crippen molar-refractivity contribution >= 4 is 28.2 Å². The summed E-state index contributed by atoms with van der Waals surface area (Å²) in [4.78, 5) is 12.7. The zero-order chi connectivity index (χ0) is 18.8. The molecule has 6 rings (SSSR count). The number of carbonyl (C=O) groups excluding carboxylic acids is 1. The van der Waals surface area contributed by atoms with E-state index in [2.05, 4.69) is 35.6 Å². The Morgan fingerprint density at radius 2 is 1.54 bits per heavy atom. The lowest BCUT2D eigenvalue weighted by Crippen LogP contribution is -1.94. The van der Waals surface area contributed by atoms with Crippen molar-refractivity contribution in [1.29, 1.82) is 0 Å². The number of fused-ring (bicyclic) bond motifs is 5. The molecule has 2 aliphatic rings. The summed E-state index contributed by atoms with van der Waals surface area (Å²) in [6, 6.07) is 27.0. The van der Waals surface area contributed by atoms with E-state index in [9.17, 15) is 4.79 Å². The second-order valence-corrected chi connectivity index (χ2v) is 7.89. The van der Waals surface area contributed by atoms with Crippen LogP contribution in [-0.2, 0) is 0 Å². The molecule has 0 radical (unpaired) electrons. The first-order valence-corrected chi connectivity index (χ1v) is 9.81. The summed E-state index contributed by atoms with van der Waals surface area (Å²) in [7, 11) is 0. The largest absolute Gasteiger partial charge is 0.300 e. The molecule has 1 aliphatic heterocycles. The third-order valence-electron chi connectivity index (χ3n) is 5.91. The third kappa shape index (κ3) is 2.22. The molecular formula is C25H16ClNO. The van der Waals surface area contributed by atoms with Crippen LogP contribution in [0.5, 0.6) is 0 Å². The number of ketones is 1. The van der Waals surface area contributed by atoms with E-state index in [1.165, 1.54) is 5.56 Å². The van der Waals surface area contributed by atoms with Gasteiger partial charge in [0.2, 0.25) is 0 Å². The number of hydrogen-bond acceptors (Lipinski definition) is 2. The molecule has 134 valence electrons. The molecule has 28 heavy (non-hydrogen) atoms. The Kier molecular flexibility index (Phi) is 3.31. The highest BCUT2D eigenvalue weighted by Gasteiger charge is 2.40. The summed E-state index contributed by atoms with van der Waals surface area (Å²) in [6.07, 6.45) is 0. The van der Waals surface area contributed by atoms with Gasteiger partial charge in [0.05, 0.1) is 12.1 Å². The van der Waals surface area contributed by atoms with Gasteiger partial charge in [-0.1, -0.05) is 72.3 Å². The van der Waals surface area contributed by atoms with E-state index >= 15 is 0 Å². The van der Waals surface area contributed by atoms with Gasteiger partial charge in [-0.05, 0) is 45.7 Å². The van der Waals surface area contributed by atoms with Crippen LogP contribution < -0.4 is 5.32 Å². The summed E-state index contributed by atoms with van der Waals surface area (Å²) in [5.41, 5.74) is 6.10. The average molecular weight is 382 g/mol. The SMILES string of the molecule is O=C1c2ccccc2-c2c1ccc1cc(C3NC3c3ccccc3Cl)ccc21. The first-order chi connectivity index (χ1) is 13.7. The van der Waals surface area contributed by atoms with Crippen molar-refractivity contribution in [1.82, 2.24) is 5.32 Å². The Morgan fingerprint density at radius 3 is 2.39 bits per heavy atom. The molecule has 0 amide bonds. The van der Waals surface area contributed by atoms with Crippen molar-refractivity contribution in [3.8, 4) is 11.1 Å². The van der Waals surface area contributed by atoms with E-state index in [1.54, 1.807) is 0 Å². The number of nitrogens with one attached hydrogen (secondary N) is 1. The number of carbonyl (C=O) groups is 1. The summed E-state index contributed by atoms with van der Waals surface area (Å²) >= 11 is 6.36. The second kappa shape index (κ2) is 5.78. The maximum Gasteiger partial charge on any atom is 0.194 e. The first-order valence-electron chi connectivity index (χ1n) is 9.43. The average Bonchev–Trinajstić information content (AvgIpc) is 3.47. The summed E-state index contributed by atoms with van der Waals surface area (Å²) in [5.74, 6) is 0.124. The van der Waals surface area contributed by atoms with Gasteiger partial charge in [-0.2, -0.15) is 0 Å². The molecule has 3 heteroatoms. The van der Waals surface area contributed by atoms with E-state index in [0.717, 1.165) is 43.6 Å². The second-order valence-electron chi connectivity index (χ2n) is 7.49. The van der Waals surface area contributed by atoms with Gasteiger partial charge in [-0.15, -0.1) is 0 Å². The van der Waals surface area contributed by atoms with Crippen LogP contribution in [0, 0.1) is 0 Å². The molecule has 0 saturated carbocycles. The molecule has 2 atom stereocenters. The molecule has 1 fully saturated rings. The van der Waals surface area contributed by atoms with Crippen molar-refractivity contribution < 1.29 is 4.79 Å². The topological polar surface area (TPSA) is 39.0 Å². The minimum atomic E-state index is 0.124. The molecule has 1 N–H and O–H groups in total. The van der Waals surface area contributed by atoms with Gasteiger partial charge < -0.3 is 0 Å². The minimum Gasteiger partial charge on any atom is -0.300 e. The van der Waals surface area contributed by atoms with Gasteiger partial charge in [0, 0.05) is 21.7 Å². The highest BCUT2D eigenvalue weighted by atomic mass is 35.5. The van der Waals surface area contributed by atoms with Crippen LogP contribution in [0.3, 0.4) is 0 Å². The van der Waals surface area contributed by atoms with Crippen molar-refractivity contribution in [2.45, 2.75) is 12.1 Å². The molecule has 1 aliphatic carbocycles. The highest BCUT2D eigenvalue weighted by molar-refractivity contribution is 6.31. The maximum atomic E-state index is 12.7. The van der Waals surface area contributed by atoms with E-state index in [4.69, 9.17) is 11.6 Å². The van der Waals surface area contributed by atoms with Crippen LogP contribution in [0.1, 0.15) is 39.1 Å². The first kappa shape index (κ1) is 16.1. The van der Waals surface area contributed by atoms with Gasteiger partial charge in [0.1, 0.15) is 0 Å². The number of benzene rings is 4. The Bertz CT molecular complexity index is 1290. The van der Waals surface area contributed by atoms with Gasteiger partial charge in [-0.25, -0.2) is 0 Å². The van der Waals surface area contributed by atoms with Gasteiger partial charge >= 0.3 is 0 Å². The van der Waals surface area contributed by atoms with Crippen molar-refractivity contribution in [2.24, 2.45) is 0 Å². The lowest BCUT2D eigenvalue weighted by Gasteiger charge is -2.08. The van der Waals surface area contributed by atoms with Gasteiger partial charge in [0.15, 0.2) is 5.78 Å². The zero-order valence-electron chi connectivity index (χ0n) is 14.9. The number of rotatable bonds is 2. The molecule has 1 heterocycles. The van der Waals surface area contributed by atoms with E-state index in [0.29, 0.717) is 0 Å². The fourth-order valence-electron chi connectivity index (χ4n) is 4.49. The van der Waals surface area contributed by atoms with Gasteiger partial charge in [0.25, 0.3) is 0 Å². The van der Waals surface area contributed by atoms with Crippen LogP contribution in [0.25, 0.3) is 21.9 Å². The molecule has 2 nitrogen and oxygen atoms in total. The highest BCUT2D eigenvalue weighted by Crippen LogP contribution is 2.46. The molecular weight excluding hydrogens is 366 g/mol. The van der Waals surface area contributed by atoms with Crippen molar-refractivity contribution in [3.05, 3.63) is 106 Å². The van der Waals surface area contributed by atoms with E-state index in [-0.39, 0.29) is 17.9 Å². The van der Waals surface area contributed by atoms with Crippen LogP contribution in [0.15, 0.2) is 78.9 Å². The minimum absolute atomic E-state index is 0.124. The Labute approximate surface area is 167 Å². The van der Waals surface area contributed by atoms with Gasteiger partial charge in [-0.3, -0.25) is 10.1 Å². The maximum absolute atomic E-state index is 12.7. The zero-order valence-corrected chi connectivity index (χ0v) is 15.7. The summed E-state index contributed by atoms with van der Waals surface area (Å²) in [6.45, 7) is 0. The van der Waals surface area contributed by atoms with Crippen LogP contribution >= 0.6 is 11.6 Å². The molecule has 4 aromatic rings. The fraction of sp³-hybridized carbons (Fsp3) is 0.0800. The Balaban J connectivity index is 1.44. The predicted octanol–water partition coefficient (Wildman–Crippen LogP) is 6.09. The smallest absolute Gasteiger partial charge is 0.194 e. The van der Waals surface area contributed by atoms with E-state index in [1.807, 2.05) is 48.5 Å². The normalized spacial score (nSPS) is 19.5. The molecule has 0 bridgehead atoms. The lowest BCUT2D eigenvalue weighted by molar-refractivity contribution is 0.104. The molecule has 2 unspecified atom stereocenters. The van der Waals surface area contributed by atoms with Crippen LogP contribution in [0.2, 0.25) is 5.02 Å². The van der Waals surface area contributed by atoms with E-state index < -0.39 is 0 Å². The monoisotopic (exact) mass is 381 g/mol. The molecule has 0 spiro atoms. The quantitative estimate of drug-likeness (QED) is 0.376. The lowest BCUT2D eigenvalue weighted by atomic mass is 9.95.